The molecule has 2 fully saturated rings. The molecule has 6 nitrogen and oxygen atoms in total. The van der Waals surface area contributed by atoms with Crippen molar-refractivity contribution >= 4 is 16.7 Å². The van der Waals surface area contributed by atoms with E-state index in [4.69, 9.17) is 14.5 Å². The number of epoxide rings is 1. The molecule has 2 aliphatic heterocycles. The fraction of sp³-hybridized carbons (Fsp3) is 0.632. The number of aromatic nitrogens is 2. The molecule has 6 heteroatoms. The van der Waals surface area contributed by atoms with Crippen molar-refractivity contribution in [3.05, 3.63) is 24.0 Å². The molecular formula is C19H27N3O3. The Morgan fingerprint density at radius 1 is 1.28 bits per heavy atom. The predicted molar refractivity (Wildman–Crippen MR) is 96.5 cm³/mol. The van der Waals surface area contributed by atoms with E-state index in [-0.39, 0.29) is 11.6 Å². The summed E-state index contributed by atoms with van der Waals surface area (Å²) < 4.78 is 12.9. The van der Waals surface area contributed by atoms with Crippen LogP contribution in [0.2, 0.25) is 0 Å². The van der Waals surface area contributed by atoms with Gasteiger partial charge < -0.3 is 24.5 Å². The number of aliphatic hydroxyl groups excluding tert-OH is 1. The zero-order valence-corrected chi connectivity index (χ0v) is 15.2. The van der Waals surface area contributed by atoms with Gasteiger partial charge in [-0.2, -0.15) is 0 Å². The van der Waals surface area contributed by atoms with Crippen molar-refractivity contribution in [3.63, 3.8) is 0 Å². The third kappa shape index (κ3) is 3.52. The Morgan fingerprint density at radius 2 is 2.00 bits per heavy atom. The average Bonchev–Trinajstić information content (AvgIpc) is 3.13. The topological polar surface area (TPSA) is 71.8 Å². The van der Waals surface area contributed by atoms with Gasteiger partial charge in [-0.1, -0.05) is 20.8 Å². The SMILES string of the molecule is CC(C)(C)c1nc2cc(NC3OC3O)ccc2n1CC1CCOCC1. The molecule has 0 radical (unpaired) electrons. The van der Waals surface area contributed by atoms with Crippen LogP contribution in [0, 0.1) is 5.92 Å². The maximum atomic E-state index is 9.32. The number of ether oxygens (including phenoxy) is 2. The summed E-state index contributed by atoms with van der Waals surface area (Å²) in [5, 5.41) is 12.5. The van der Waals surface area contributed by atoms with E-state index in [1.165, 1.54) is 5.52 Å². The highest BCUT2D eigenvalue weighted by Gasteiger charge is 2.37. The minimum atomic E-state index is -0.702. The highest BCUT2D eigenvalue weighted by molar-refractivity contribution is 5.80. The normalized spacial score (nSPS) is 24.6. The number of nitrogens with one attached hydrogen (secondary N) is 1. The first-order valence-corrected chi connectivity index (χ1v) is 9.10. The first-order chi connectivity index (χ1) is 11.9. The van der Waals surface area contributed by atoms with Gasteiger partial charge in [0.15, 0.2) is 6.23 Å². The van der Waals surface area contributed by atoms with Crippen LogP contribution in [-0.4, -0.2) is 40.4 Å². The van der Waals surface area contributed by atoms with Crippen LogP contribution in [0.15, 0.2) is 18.2 Å². The van der Waals surface area contributed by atoms with E-state index in [0.29, 0.717) is 5.92 Å². The lowest BCUT2D eigenvalue weighted by atomic mass is 9.94. The van der Waals surface area contributed by atoms with Gasteiger partial charge in [0.05, 0.1) is 11.0 Å². The molecule has 136 valence electrons. The maximum absolute atomic E-state index is 9.32. The smallest absolute Gasteiger partial charge is 0.202 e. The summed E-state index contributed by atoms with van der Waals surface area (Å²) in [6.45, 7) is 9.34. The number of benzene rings is 1. The first kappa shape index (κ1) is 16.8. The molecule has 0 bridgehead atoms. The Labute approximate surface area is 148 Å². The van der Waals surface area contributed by atoms with Crippen LogP contribution >= 0.6 is 0 Å². The standard InChI is InChI=1S/C19H27N3O3/c1-19(2,3)18-21-14-10-13(20-16-17(23)25-16)4-5-15(14)22(18)11-12-6-8-24-9-7-12/h4-5,10,12,16-17,20,23H,6-9,11H2,1-3H3. The molecule has 4 rings (SSSR count). The van der Waals surface area contributed by atoms with Gasteiger partial charge in [-0.05, 0) is 37.0 Å². The van der Waals surface area contributed by atoms with Gasteiger partial charge in [-0.15, -0.1) is 0 Å². The third-order valence-electron chi connectivity index (χ3n) is 4.98. The molecule has 2 atom stereocenters. The second kappa shape index (κ2) is 6.27. The second-order valence-corrected chi connectivity index (χ2v) is 8.15. The van der Waals surface area contributed by atoms with Crippen LogP contribution in [0.4, 0.5) is 5.69 Å². The second-order valence-electron chi connectivity index (χ2n) is 8.15. The molecule has 1 aromatic heterocycles. The highest BCUT2D eigenvalue weighted by atomic mass is 16.7. The molecule has 2 saturated heterocycles. The molecule has 25 heavy (non-hydrogen) atoms. The van der Waals surface area contributed by atoms with Crippen LogP contribution in [0.5, 0.6) is 0 Å². The molecule has 1 aromatic carbocycles. The van der Waals surface area contributed by atoms with Gasteiger partial charge in [0.1, 0.15) is 5.82 Å². The van der Waals surface area contributed by atoms with Crippen LogP contribution in [0.25, 0.3) is 11.0 Å². The average molecular weight is 345 g/mol. The lowest BCUT2D eigenvalue weighted by Crippen LogP contribution is -2.25. The summed E-state index contributed by atoms with van der Waals surface area (Å²) in [7, 11) is 0. The predicted octanol–water partition coefficient (Wildman–Crippen LogP) is 2.85. The summed E-state index contributed by atoms with van der Waals surface area (Å²) in [5.74, 6) is 1.76. The summed E-state index contributed by atoms with van der Waals surface area (Å²) in [6, 6.07) is 6.19. The lowest BCUT2D eigenvalue weighted by molar-refractivity contribution is 0.0611. The largest absolute Gasteiger partial charge is 0.381 e. The maximum Gasteiger partial charge on any atom is 0.202 e. The molecule has 3 heterocycles. The van der Waals surface area contributed by atoms with E-state index in [1.807, 2.05) is 12.1 Å². The highest BCUT2D eigenvalue weighted by Crippen LogP contribution is 2.31. The number of rotatable bonds is 4. The monoisotopic (exact) mass is 345 g/mol. The van der Waals surface area contributed by atoms with Gasteiger partial charge >= 0.3 is 0 Å². The zero-order valence-electron chi connectivity index (χ0n) is 15.2. The summed E-state index contributed by atoms with van der Waals surface area (Å²) >= 11 is 0. The van der Waals surface area contributed by atoms with Crippen molar-refractivity contribution in [1.29, 1.82) is 0 Å². The van der Waals surface area contributed by atoms with Gasteiger partial charge in [-0.3, -0.25) is 0 Å². The Bertz CT molecular complexity index is 759. The zero-order chi connectivity index (χ0) is 17.6. The first-order valence-electron chi connectivity index (χ1n) is 9.10. The van der Waals surface area contributed by atoms with Crippen molar-refractivity contribution < 1.29 is 14.6 Å². The van der Waals surface area contributed by atoms with Crippen molar-refractivity contribution in [3.8, 4) is 0 Å². The Hall–Kier alpha value is -1.63. The Kier molecular flexibility index (Phi) is 4.22. The molecule has 0 amide bonds. The van der Waals surface area contributed by atoms with E-state index in [2.05, 4.69) is 36.7 Å². The van der Waals surface area contributed by atoms with Crippen molar-refractivity contribution in [1.82, 2.24) is 9.55 Å². The number of anilines is 1. The number of fused-ring (bicyclic) bond motifs is 1. The minimum Gasteiger partial charge on any atom is -0.381 e. The molecule has 0 saturated carbocycles. The van der Waals surface area contributed by atoms with E-state index in [1.54, 1.807) is 0 Å². The van der Waals surface area contributed by atoms with Gasteiger partial charge in [-0.25, -0.2) is 4.98 Å². The van der Waals surface area contributed by atoms with Crippen LogP contribution in [0.1, 0.15) is 39.4 Å². The van der Waals surface area contributed by atoms with Crippen LogP contribution in [-0.2, 0) is 21.4 Å². The van der Waals surface area contributed by atoms with Gasteiger partial charge in [0, 0.05) is 30.9 Å². The van der Waals surface area contributed by atoms with Gasteiger partial charge in [0.25, 0.3) is 0 Å². The molecule has 0 aliphatic carbocycles. The fourth-order valence-electron chi connectivity index (χ4n) is 3.54. The number of nitrogens with zero attached hydrogens (tertiary/aromatic N) is 2. The third-order valence-corrected chi connectivity index (χ3v) is 4.98. The quantitative estimate of drug-likeness (QED) is 0.834. The van der Waals surface area contributed by atoms with Crippen LogP contribution < -0.4 is 5.32 Å². The Morgan fingerprint density at radius 3 is 2.64 bits per heavy atom. The van der Waals surface area contributed by atoms with Gasteiger partial charge in [0.2, 0.25) is 6.29 Å². The molecular weight excluding hydrogens is 318 g/mol. The summed E-state index contributed by atoms with van der Waals surface area (Å²) in [5.41, 5.74) is 3.05. The van der Waals surface area contributed by atoms with Crippen molar-refractivity contribution in [2.24, 2.45) is 5.92 Å². The molecule has 2 aliphatic rings. The lowest BCUT2D eigenvalue weighted by Gasteiger charge is -2.26. The van der Waals surface area contributed by atoms with E-state index in [9.17, 15) is 5.11 Å². The van der Waals surface area contributed by atoms with E-state index >= 15 is 0 Å². The van der Waals surface area contributed by atoms with Crippen molar-refractivity contribution in [2.75, 3.05) is 18.5 Å². The van der Waals surface area contributed by atoms with E-state index in [0.717, 1.165) is 49.6 Å². The number of aliphatic hydroxyl groups is 1. The summed E-state index contributed by atoms with van der Waals surface area (Å²) in [4.78, 5) is 4.95. The molecule has 2 N–H and O–H groups in total. The molecule has 0 spiro atoms. The fourth-order valence-corrected chi connectivity index (χ4v) is 3.54. The molecule has 2 aromatic rings. The number of hydrogen-bond donors (Lipinski definition) is 2. The Balaban J connectivity index is 1.67. The molecule has 2 unspecified atom stereocenters. The number of hydrogen-bond acceptors (Lipinski definition) is 5. The van der Waals surface area contributed by atoms with Crippen molar-refractivity contribution in [2.45, 2.75) is 58.1 Å². The number of imidazole rings is 1. The van der Waals surface area contributed by atoms with Crippen LogP contribution in [0.3, 0.4) is 0 Å². The van der Waals surface area contributed by atoms with E-state index < -0.39 is 6.29 Å². The summed E-state index contributed by atoms with van der Waals surface area (Å²) in [6.07, 6.45) is 1.22. The minimum absolute atomic E-state index is 0.0203.